The van der Waals surface area contributed by atoms with Gasteiger partial charge in [0.05, 0.1) is 6.26 Å². The summed E-state index contributed by atoms with van der Waals surface area (Å²) in [6.07, 6.45) is 1.04. The fourth-order valence-corrected chi connectivity index (χ4v) is 2.99. The smallest absolute Gasteiger partial charge is 0.306 e. The Morgan fingerprint density at radius 1 is 0.857 bits per heavy atom. The minimum atomic E-state index is -3.48. The van der Waals surface area contributed by atoms with E-state index in [9.17, 15) is 8.42 Å². The molecule has 0 aliphatic heterocycles. The summed E-state index contributed by atoms with van der Waals surface area (Å²) in [5.74, 6) is 1.06. The van der Waals surface area contributed by atoms with Crippen LogP contribution in [0, 0.1) is 5.92 Å². The molecule has 0 aliphatic carbocycles. The summed E-state index contributed by atoms with van der Waals surface area (Å²) in [5.41, 5.74) is 2.40. The van der Waals surface area contributed by atoms with Gasteiger partial charge in [0.15, 0.2) is 0 Å². The molecule has 1 unspecified atom stereocenters. The van der Waals surface area contributed by atoms with E-state index in [4.69, 9.17) is 4.18 Å². The predicted molar refractivity (Wildman–Crippen MR) is 85.0 cm³/mol. The van der Waals surface area contributed by atoms with Crippen molar-refractivity contribution in [3.05, 3.63) is 65.7 Å². The second kappa shape index (κ2) is 6.31. The van der Waals surface area contributed by atoms with Crippen molar-refractivity contribution in [3.63, 3.8) is 0 Å². The van der Waals surface area contributed by atoms with Gasteiger partial charge in [-0.05, 0) is 29.2 Å². The van der Waals surface area contributed by atoms with E-state index < -0.39 is 10.1 Å². The Morgan fingerprint density at radius 2 is 1.38 bits per heavy atom. The van der Waals surface area contributed by atoms with Gasteiger partial charge >= 0.3 is 10.1 Å². The van der Waals surface area contributed by atoms with Crippen LogP contribution >= 0.6 is 0 Å². The van der Waals surface area contributed by atoms with Crippen LogP contribution in [0.4, 0.5) is 0 Å². The Morgan fingerprint density at radius 3 is 1.86 bits per heavy atom. The SMILES string of the molecule is CC(C)C(c1ccccc1)c1ccc(OS(C)(=O)=O)cc1. The highest BCUT2D eigenvalue weighted by atomic mass is 32.2. The lowest BCUT2D eigenvalue weighted by atomic mass is 9.83. The Labute approximate surface area is 126 Å². The largest absolute Gasteiger partial charge is 0.383 e. The summed E-state index contributed by atoms with van der Waals surface area (Å²) in [4.78, 5) is 0. The molecule has 0 spiro atoms. The van der Waals surface area contributed by atoms with E-state index in [0.29, 0.717) is 11.7 Å². The van der Waals surface area contributed by atoms with Crippen LogP contribution in [-0.2, 0) is 10.1 Å². The molecule has 0 radical (unpaired) electrons. The monoisotopic (exact) mass is 304 g/mol. The van der Waals surface area contributed by atoms with Crippen LogP contribution in [0.3, 0.4) is 0 Å². The van der Waals surface area contributed by atoms with Gasteiger partial charge in [-0.2, -0.15) is 8.42 Å². The average Bonchev–Trinajstić information content (AvgIpc) is 2.40. The van der Waals surface area contributed by atoms with Crippen molar-refractivity contribution >= 4 is 10.1 Å². The Bertz CT molecular complexity index is 674. The molecule has 0 aliphatic rings. The number of hydrogen-bond donors (Lipinski definition) is 0. The van der Waals surface area contributed by atoms with Gasteiger partial charge in [-0.1, -0.05) is 56.3 Å². The molecular weight excluding hydrogens is 284 g/mol. The van der Waals surface area contributed by atoms with Gasteiger partial charge < -0.3 is 4.18 Å². The summed E-state index contributed by atoms with van der Waals surface area (Å²) in [7, 11) is -3.48. The molecule has 3 nitrogen and oxygen atoms in total. The molecule has 2 aromatic rings. The molecule has 112 valence electrons. The van der Waals surface area contributed by atoms with E-state index in [0.717, 1.165) is 11.8 Å². The fourth-order valence-electron chi connectivity index (χ4n) is 2.53. The highest BCUT2D eigenvalue weighted by Gasteiger charge is 2.18. The van der Waals surface area contributed by atoms with Crippen molar-refractivity contribution in [1.29, 1.82) is 0 Å². The second-order valence-corrected chi connectivity index (χ2v) is 7.06. The van der Waals surface area contributed by atoms with Crippen LogP contribution in [0.2, 0.25) is 0 Å². The lowest BCUT2D eigenvalue weighted by Gasteiger charge is -2.22. The van der Waals surface area contributed by atoms with Gasteiger partial charge in [0.1, 0.15) is 5.75 Å². The van der Waals surface area contributed by atoms with E-state index >= 15 is 0 Å². The Hall–Kier alpha value is -1.81. The number of hydrogen-bond acceptors (Lipinski definition) is 3. The number of benzene rings is 2. The van der Waals surface area contributed by atoms with Crippen molar-refractivity contribution in [2.24, 2.45) is 5.92 Å². The predicted octanol–water partition coefficient (Wildman–Crippen LogP) is 3.81. The molecule has 0 N–H and O–H groups in total. The van der Waals surface area contributed by atoms with Crippen molar-refractivity contribution in [3.8, 4) is 5.75 Å². The molecule has 4 heteroatoms. The van der Waals surface area contributed by atoms with Crippen molar-refractivity contribution in [1.82, 2.24) is 0 Å². The standard InChI is InChI=1S/C17H20O3S/c1-13(2)17(14-7-5-4-6-8-14)15-9-11-16(12-10-15)20-21(3,18)19/h4-13,17H,1-3H3. The number of rotatable bonds is 5. The fraction of sp³-hybridized carbons (Fsp3) is 0.294. The van der Waals surface area contributed by atoms with E-state index in [-0.39, 0.29) is 5.92 Å². The van der Waals surface area contributed by atoms with Crippen LogP contribution in [0.5, 0.6) is 5.75 Å². The lowest BCUT2D eigenvalue weighted by Crippen LogP contribution is -2.09. The summed E-state index contributed by atoms with van der Waals surface area (Å²) in [5, 5.41) is 0. The summed E-state index contributed by atoms with van der Waals surface area (Å²) >= 11 is 0. The quantitative estimate of drug-likeness (QED) is 0.789. The molecule has 21 heavy (non-hydrogen) atoms. The topological polar surface area (TPSA) is 43.4 Å². The van der Waals surface area contributed by atoms with Crippen LogP contribution < -0.4 is 4.18 Å². The zero-order chi connectivity index (χ0) is 15.5. The molecule has 0 aromatic heterocycles. The van der Waals surface area contributed by atoms with E-state index in [2.05, 4.69) is 26.0 Å². The third-order valence-corrected chi connectivity index (χ3v) is 3.81. The first-order valence-corrected chi connectivity index (χ1v) is 8.73. The van der Waals surface area contributed by atoms with Gasteiger partial charge in [-0.15, -0.1) is 0 Å². The molecule has 0 saturated carbocycles. The highest BCUT2D eigenvalue weighted by molar-refractivity contribution is 7.86. The Balaban J connectivity index is 2.30. The van der Waals surface area contributed by atoms with Gasteiger partial charge in [0.2, 0.25) is 0 Å². The molecule has 1 atom stereocenters. The minimum absolute atomic E-state index is 0.276. The highest BCUT2D eigenvalue weighted by Crippen LogP contribution is 2.32. The maximum atomic E-state index is 11.1. The molecular formula is C17H20O3S. The van der Waals surface area contributed by atoms with E-state index in [1.54, 1.807) is 12.1 Å². The summed E-state index contributed by atoms with van der Waals surface area (Å²) < 4.78 is 27.1. The Kier molecular flexibility index (Phi) is 4.68. The molecule has 2 rings (SSSR count). The van der Waals surface area contributed by atoms with E-state index in [1.165, 1.54) is 5.56 Å². The van der Waals surface area contributed by atoms with Gasteiger partial charge in [0.25, 0.3) is 0 Å². The second-order valence-electron chi connectivity index (χ2n) is 5.49. The first-order valence-electron chi connectivity index (χ1n) is 6.91. The summed E-state index contributed by atoms with van der Waals surface area (Å²) in [6, 6.07) is 17.6. The average molecular weight is 304 g/mol. The normalized spacial score (nSPS) is 13.1. The maximum absolute atomic E-state index is 11.1. The van der Waals surface area contributed by atoms with Crippen molar-refractivity contribution in [2.75, 3.05) is 6.26 Å². The first-order chi connectivity index (χ1) is 9.87. The molecule has 0 fully saturated rings. The van der Waals surface area contributed by atoms with Crippen LogP contribution in [0.25, 0.3) is 0 Å². The summed E-state index contributed by atoms with van der Waals surface area (Å²) in [6.45, 7) is 4.36. The molecule has 0 amide bonds. The molecule has 0 saturated heterocycles. The molecule has 0 heterocycles. The van der Waals surface area contributed by atoms with Crippen LogP contribution in [0.15, 0.2) is 54.6 Å². The van der Waals surface area contributed by atoms with E-state index in [1.807, 2.05) is 30.3 Å². The van der Waals surface area contributed by atoms with Crippen LogP contribution in [0.1, 0.15) is 30.9 Å². The minimum Gasteiger partial charge on any atom is -0.383 e. The van der Waals surface area contributed by atoms with Crippen LogP contribution in [-0.4, -0.2) is 14.7 Å². The third kappa shape index (κ3) is 4.33. The maximum Gasteiger partial charge on any atom is 0.306 e. The van der Waals surface area contributed by atoms with Crippen molar-refractivity contribution in [2.45, 2.75) is 19.8 Å². The zero-order valence-electron chi connectivity index (χ0n) is 12.5. The lowest BCUT2D eigenvalue weighted by molar-refractivity contribution is 0.492. The van der Waals surface area contributed by atoms with Crippen molar-refractivity contribution < 1.29 is 12.6 Å². The first kappa shape index (κ1) is 15.6. The third-order valence-electron chi connectivity index (χ3n) is 3.31. The zero-order valence-corrected chi connectivity index (χ0v) is 13.3. The van der Waals surface area contributed by atoms with Gasteiger partial charge in [0, 0.05) is 5.92 Å². The molecule has 0 bridgehead atoms. The van der Waals surface area contributed by atoms with Gasteiger partial charge in [-0.25, -0.2) is 0 Å². The molecule has 2 aromatic carbocycles. The van der Waals surface area contributed by atoms with Gasteiger partial charge in [-0.3, -0.25) is 0 Å².